The van der Waals surface area contributed by atoms with Crippen LogP contribution in [0.2, 0.25) is 0 Å². The Hall–Kier alpha value is -1.59. The number of ether oxygens (including phenoxy) is 1. The Balaban J connectivity index is 1.84. The van der Waals surface area contributed by atoms with Crippen molar-refractivity contribution in [2.75, 3.05) is 45.8 Å². The summed E-state index contributed by atoms with van der Waals surface area (Å²) < 4.78 is 5.38. The van der Waals surface area contributed by atoms with Gasteiger partial charge in [0, 0.05) is 52.4 Å². The third kappa shape index (κ3) is 4.72. The van der Waals surface area contributed by atoms with E-state index in [0.29, 0.717) is 19.6 Å². The molecule has 1 saturated heterocycles. The van der Waals surface area contributed by atoms with Gasteiger partial charge in [0.1, 0.15) is 0 Å². The molecule has 1 aliphatic rings. The van der Waals surface area contributed by atoms with Crippen LogP contribution in [0.1, 0.15) is 12.0 Å². The zero-order valence-corrected chi connectivity index (χ0v) is 13.1. The fourth-order valence-corrected chi connectivity index (χ4v) is 2.38. The molecule has 2 rings (SSSR count). The lowest BCUT2D eigenvalue weighted by Gasteiger charge is -2.26. The second kappa shape index (κ2) is 7.43. The van der Waals surface area contributed by atoms with E-state index in [1.165, 1.54) is 0 Å². The molecule has 0 radical (unpaired) electrons. The van der Waals surface area contributed by atoms with Gasteiger partial charge in [0.25, 0.3) is 0 Å². The minimum absolute atomic E-state index is 0.143. The number of benzene rings is 1. The first-order valence-electron chi connectivity index (χ1n) is 7.37. The van der Waals surface area contributed by atoms with Crippen LogP contribution in [0.25, 0.3) is 0 Å². The molecule has 116 valence electrons. The number of nitrogens with one attached hydrogen (secondary N) is 1. The van der Waals surface area contributed by atoms with Crippen molar-refractivity contribution in [2.45, 2.75) is 19.0 Å². The number of carbonyl (C=O) groups excluding carboxylic acids is 1. The number of rotatable bonds is 5. The average Bonchev–Trinajstić information content (AvgIpc) is 2.48. The van der Waals surface area contributed by atoms with E-state index in [4.69, 9.17) is 4.74 Å². The van der Waals surface area contributed by atoms with Gasteiger partial charge in [-0.05, 0) is 17.7 Å². The van der Waals surface area contributed by atoms with Gasteiger partial charge >= 0.3 is 0 Å². The molecule has 0 aromatic heterocycles. The summed E-state index contributed by atoms with van der Waals surface area (Å²) in [5.74, 6) is 0.148. The lowest BCUT2D eigenvalue weighted by Crippen LogP contribution is -2.44. The van der Waals surface area contributed by atoms with Crippen LogP contribution in [0.4, 0.5) is 5.69 Å². The van der Waals surface area contributed by atoms with Crippen LogP contribution in [0.15, 0.2) is 24.3 Å². The molecule has 1 aromatic carbocycles. The maximum atomic E-state index is 12.2. The van der Waals surface area contributed by atoms with E-state index in [0.717, 1.165) is 24.4 Å². The third-order valence-corrected chi connectivity index (χ3v) is 3.72. The van der Waals surface area contributed by atoms with Crippen molar-refractivity contribution in [1.82, 2.24) is 10.2 Å². The number of amides is 1. The van der Waals surface area contributed by atoms with Crippen LogP contribution in [-0.4, -0.2) is 57.8 Å². The maximum absolute atomic E-state index is 12.2. The molecule has 5 heteroatoms. The van der Waals surface area contributed by atoms with Crippen molar-refractivity contribution < 1.29 is 9.53 Å². The van der Waals surface area contributed by atoms with E-state index in [1.54, 1.807) is 4.90 Å². The van der Waals surface area contributed by atoms with Crippen LogP contribution in [0, 0.1) is 0 Å². The zero-order valence-electron chi connectivity index (χ0n) is 13.1. The second-order valence-electron chi connectivity index (χ2n) is 5.74. The van der Waals surface area contributed by atoms with Crippen LogP contribution in [0.5, 0.6) is 0 Å². The number of anilines is 1. The van der Waals surface area contributed by atoms with Crippen molar-refractivity contribution in [3.63, 3.8) is 0 Å². The summed E-state index contributed by atoms with van der Waals surface area (Å²) >= 11 is 0. The summed E-state index contributed by atoms with van der Waals surface area (Å²) in [5.41, 5.74) is 2.31. The van der Waals surface area contributed by atoms with E-state index in [1.807, 2.05) is 21.1 Å². The van der Waals surface area contributed by atoms with Gasteiger partial charge in [-0.2, -0.15) is 0 Å². The summed E-state index contributed by atoms with van der Waals surface area (Å²) in [6.07, 6.45) is 0.492. The van der Waals surface area contributed by atoms with Gasteiger partial charge in [0.2, 0.25) is 5.91 Å². The molecule has 1 atom stereocenters. The van der Waals surface area contributed by atoms with E-state index >= 15 is 0 Å². The zero-order chi connectivity index (χ0) is 15.2. The number of morpholine rings is 1. The Morgan fingerprint density at radius 3 is 2.57 bits per heavy atom. The fourth-order valence-electron chi connectivity index (χ4n) is 2.38. The van der Waals surface area contributed by atoms with Gasteiger partial charge in [0.05, 0.1) is 13.2 Å². The molecule has 0 aliphatic carbocycles. The average molecular weight is 291 g/mol. The van der Waals surface area contributed by atoms with Gasteiger partial charge in [-0.15, -0.1) is 0 Å². The van der Waals surface area contributed by atoms with Crippen molar-refractivity contribution in [2.24, 2.45) is 0 Å². The maximum Gasteiger partial charge on any atom is 0.224 e. The van der Waals surface area contributed by atoms with Crippen LogP contribution in [0.3, 0.4) is 0 Å². The molecular weight excluding hydrogens is 266 g/mol. The SMILES string of the molecule is CN(Cc1ccc(N(C)C)cc1)C(=O)CC1COCCN1. The minimum atomic E-state index is 0.143. The highest BCUT2D eigenvalue weighted by atomic mass is 16.5. The lowest BCUT2D eigenvalue weighted by molar-refractivity contribution is -0.131. The van der Waals surface area contributed by atoms with Crippen LogP contribution in [-0.2, 0) is 16.1 Å². The predicted octanol–water partition coefficient (Wildman–Crippen LogP) is 1.09. The van der Waals surface area contributed by atoms with E-state index in [2.05, 4.69) is 34.5 Å². The summed E-state index contributed by atoms with van der Waals surface area (Å²) in [6.45, 7) is 2.82. The molecular formula is C16H25N3O2. The largest absolute Gasteiger partial charge is 0.378 e. The molecule has 1 N–H and O–H groups in total. The first kappa shape index (κ1) is 15.8. The number of hydrogen-bond donors (Lipinski definition) is 1. The Kier molecular flexibility index (Phi) is 5.59. The highest BCUT2D eigenvalue weighted by Gasteiger charge is 2.19. The number of hydrogen-bond acceptors (Lipinski definition) is 4. The monoisotopic (exact) mass is 291 g/mol. The Bertz CT molecular complexity index is 453. The van der Waals surface area contributed by atoms with E-state index < -0.39 is 0 Å². The molecule has 1 amide bonds. The van der Waals surface area contributed by atoms with Crippen molar-refractivity contribution in [3.8, 4) is 0 Å². The molecule has 0 bridgehead atoms. The Morgan fingerprint density at radius 1 is 1.29 bits per heavy atom. The summed E-state index contributed by atoms with van der Waals surface area (Å²) in [5, 5.41) is 3.31. The summed E-state index contributed by atoms with van der Waals surface area (Å²) in [7, 11) is 5.89. The second-order valence-corrected chi connectivity index (χ2v) is 5.74. The quantitative estimate of drug-likeness (QED) is 0.882. The fraction of sp³-hybridized carbons (Fsp3) is 0.562. The topological polar surface area (TPSA) is 44.8 Å². The molecule has 21 heavy (non-hydrogen) atoms. The lowest BCUT2D eigenvalue weighted by atomic mass is 10.1. The smallest absolute Gasteiger partial charge is 0.224 e. The van der Waals surface area contributed by atoms with Crippen molar-refractivity contribution in [3.05, 3.63) is 29.8 Å². The number of nitrogens with zero attached hydrogens (tertiary/aromatic N) is 2. The van der Waals surface area contributed by atoms with Gasteiger partial charge in [-0.1, -0.05) is 12.1 Å². The van der Waals surface area contributed by atoms with Crippen LogP contribution >= 0.6 is 0 Å². The van der Waals surface area contributed by atoms with Gasteiger partial charge in [-0.25, -0.2) is 0 Å². The van der Waals surface area contributed by atoms with Crippen LogP contribution < -0.4 is 10.2 Å². The highest BCUT2D eigenvalue weighted by Crippen LogP contribution is 2.14. The highest BCUT2D eigenvalue weighted by molar-refractivity contribution is 5.76. The Morgan fingerprint density at radius 2 is 2.00 bits per heavy atom. The first-order chi connectivity index (χ1) is 10.1. The molecule has 1 fully saturated rings. The molecule has 1 unspecified atom stereocenters. The predicted molar refractivity (Wildman–Crippen MR) is 84.5 cm³/mol. The summed E-state index contributed by atoms with van der Waals surface area (Å²) in [6, 6.07) is 8.43. The van der Waals surface area contributed by atoms with Crippen molar-refractivity contribution >= 4 is 11.6 Å². The molecule has 5 nitrogen and oxygen atoms in total. The molecule has 1 heterocycles. The first-order valence-corrected chi connectivity index (χ1v) is 7.37. The number of carbonyl (C=O) groups is 1. The van der Waals surface area contributed by atoms with E-state index in [-0.39, 0.29) is 11.9 Å². The van der Waals surface area contributed by atoms with Gasteiger partial charge in [-0.3, -0.25) is 4.79 Å². The van der Waals surface area contributed by atoms with Crippen molar-refractivity contribution in [1.29, 1.82) is 0 Å². The summed E-state index contributed by atoms with van der Waals surface area (Å²) in [4.78, 5) is 16.1. The minimum Gasteiger partial charge on any atom is -0.378 e. The van der Waals surface area contributed by atoms with Gasteiger partial charge < -0.3 is 19.9 Å². The Labute approximate surface area is 126 Å². The molecule has 1 aromatic rings. The third-order valence-electron chi connectivity index (χ3n) is 3.72. The standard InChI is InChI=1S/C16H25N3O2/c1-18(2)15-6-4-13(5-7-15)11-19(3)16(20)10-14-12-21-9-8-17-14/h4-7,14,17H,8-12H2,1-3H3. The molecule has 0 saturated carbocycles. The molecule has 1 aliphatic heterocycles. The van der Waals surface area contributed by atoms with E-state index in [9.17, 15) is 4.79 Å². The van der Waals surface area contributed by atoms with Gasteiger partial charge in [0.15, 0.2) is 0 Å². The molecule has 0 spiro atoms. The normalized spacial score (nSPS) is 18.3.